The van der Waals surface area contributed by atoms with Gasteiger partial charge in [-0.1, -0.05) is 97.2 Å². The molecule has 10 heteroatoms. The highest BCUT2D eigenvalue weighted by molar-refractivity contribution is 7.92. The molecule has 1 atom stereocenters. The Morgan fingerprint density at radius 1 is 0.844 bits per heavy atom. The van der Waals surface area contributed by atoms with E-state index in [9.17, 15) is 18.0 Å². The first kappa shape index (κ1) is 34.0. The number of carbonyl (C=O) groups is 2. The lowest BCUT2D eigenvalue weighted by Crippen LogP contribution is -2.53. The van der Waals surface area contributed by atoms with E-state index >= 15 is 0 Å². The number of amides is 2. The van der Waals surface area contributed by atoms with Crippen molar-refractivity contribution in [1.29, 1.82) is 0 Å². The molecule has 4 rings (SSSR count). The van der Waals surface area contributed by atoms with Crippen LogP contribution >= 0.6 is 23.2 Å². The number of aryl methyl sites for hydroxylation is 1. The number of sulfonamides is 1. The number of carbonyl (C=O) groups excluding carboxylic acids is 2. The summed E-state index contributed by atoms with van der Waals surface area (Å²) < 4.78 is 29.2. The van der Waals surface area contributed by atoms with E-state index in [4.69, 9.17) is 23.2 Å². The Morgan fingerprint density at radius 3 is 2.20 bits per heavy atom. The number of unbranched alkanes of at least 4 members (excludes halogenated alkanes) is 1. The van der Waals surface area contributed by atoms with Gasteiger partial charge < -0.3 is 10.2 Å². The molecule has 0 spiro atoms. The van der Waals surface area contributed by atoms with Crippen molar-refractivity contribution in [3.8, 4) is 0 Å². The fourth-order valence-corrected chi connectivity index (χ4v) is 6.64. The first-order chi connectivity index (χ1) is 21.6. The smallest absolute Gasteiger partial charge is 0.264 e. The third kappa shape index (κ3) is 9.10. The summed E-state index contributed by atoms with van der Waals surface area (Å²) in [6, 6.07) is 28.3. The van der Waals surface area contributed by atoms with Crippen LogP contribution in [0.5, 0.6) is 0 Å². The van der Waals surface area contributed by atoms with Crippen molar-refractivity contribution in [2.45, 2.75) is 50.6 Å². The lowest BCUT2D eigenvalue weighted by molar-refractivity contribution is -0.140. The van der Waals surface area contributed by atoms with Crippen molar-refractivity contribution in [2.24, 2.45) is 0 Å². The van der Waals surface area contributed by atoms with Gasteiger partial charge in [0.25, 0.3) is 10.0 Å². The van der Waals surface area contributed by atoms with E-state index in [2.05, 4.69) is 5.32 Å². The van der Waals surface area contributed by atoms with Gasteiger partial charge >= 0.3 is 0 Å². The van der Waals surface area contributed by atoms with Gasteiger partial charge in [-0.25, -0.2) is 8.42 Å². The molecule has 4 aromatic carbocycles. The molecule has 4 aromatic rings. The average molecular weight is 667 g/mol. The quantitative estimate of drug-likeness (QED) is 0.146. The lowest BCUT2D eigenvalue weighted by atomic mass is 10.0. The first-order valence-electron chi connectivity index (χ1n) is 14.8. The Bertz CT molecular complexity index is 1700. The molecule has 0 bridgehead atoms. The summed E-state index contributed by atoms with van der Waals surface area (Å²) in [5.41, 5.74) is 2.88. The van der Waals surface area contributed by atoms with Gasteiger partial charge in [0.1, 0.15) is 12.6 Å². The number of nitrogens with zero attached hydrogens (tertiary/aromatic N) is 2. The topological polar surface area (TPSA) is 86.8 Å². The van der Waals surface area contributed by atoms with Crippen LogP contribution in [0, 0.1) is 6.92 Å². The van der Waals surface area contributed by atoms with Crippen molar-refractivity contribution >= 4 is 50.7 Å². The van der Waals surface area contributed by atoms with E-state index in [1.165, 1.54) is 35.2 Å². The normalized spacial score (nSPS) is 11.9. The Kier molecular flexibility index (Phi) is 12.0. The van der Waals surface area contributed by atoms with E-state index in [1.807, 2.05) is 68.4 Å². The van der Waals surface area contributed by atoms with Gasteiger partial charge in [-0.2, -0.15) is 0 Å². The molecule has 236 valence electrons. The van der Waals surface area contributed by atoms with Gasteiger partial charge in [0.15, 0.2) is 0 Å². The largest absolute Gasteiger partial charge is 0.354 e. The summed E-state index contributed by atoms with van der Waals surface area (Å²) in [5.74, 6) is -0.841. The molecule has 0 saturated carbocycles. The van der Waals surface area contributed by atoms with Crippen LogP contribution in [0.3, 0.4) is 0 Å². The summed E-state index contributed by atoms with van der Waals surface area (Å²) in [7, 11) is -4.25. The predicted molar refractivity (Wildman–Crippen MR) is 181 cm³/mol. The summed E-state index contributed by atoms with van der Waals surface area (Å²) in [6.07, 6.45) is 1.93. The van der Waals surface area contributed by atoms with Gasteiger partial charge in [0.05, 0.1) is 10.6 Å². The van der Waals surface area contributed by atoms with Crippen molar-refractivity contribution in [2.75, 3.05) is 17.4 Å². The van der Waals surface area contributed by atoms with Crippen molar-refractivity contribution in [1.82, 2.24) is 10.2 Å². The third-order valence-corrected chi connectivity index (χ3v) is 9.75. The van der Waals surface area contributed by atoms with Crippen LogP contribution in [-0.2, 0) is 32.6 Å². The molecule has 1 unspecified atom stereocenters. The maximum absolute atomic E-state index is 14.5. The molecule has 0 fully saturated rings. The van der Waals surface area contributed by atoms with Crippen LogP contribution in [0.1, 0.15) is 36.5 Å². The van der Waals surface area contributed by atoms with Crippen LogP contribution < -0.4 is 9.62 Å². The van der Waals surface area contributed by atoms with E-state index in [0.717, 1.165) is 33.8 Å². The molecule has 7 nitrogen and oxygen atoms in total. The number of hydrogen-bond donors (Lipinski definition) is 1. The Morgan fingerprint density at radius 2 is 1.53 bits per heavy atom. The Balaban J connectivity index is 1.80. The molecule has 0 heterocycles. The number of anilines is 1. The minimum atomic E-state index is -4.25. The predicted octanol–water partition coefficient (Wildman–Crippen LogP) is 7.05. The van der Waals surface area contributed by atoms with Crippen LogP contribution in [0.2, 0.25) is 10.0 Å². The summed E-state index contributed by atoms with van der Waals surface area (Å²) in [6.45, 7) is 3.98. The summed E-state index contributed by atoms with van der Waals surface area (Å²) >= 11 is 12.3. The van der Waals surface area contributed by atoms with Gasteiger partial charge in [0, 0.05) is 29.6 Å². The molecule has 0 saturated heterocycles. The number of nitrogens with one attached hydrogen (secondary N) is 1. The van der Waals surface area contributed by atoms with Gasteiger partial charge in [-0.05, 0) is 72.5 Å². The zero-order valence-corrected chi connectivity index (χ0v) is 27.7. The molecular formula is C35H37Cl2N3O4S. The maximum atomic E-state index is 14.5. The molecule has 0 aliphatic heterocycles. The third-order valence-electron chi connectivity index (χ3n) is 7.48. The van der Waals surface area contributed by atoms with Crippen LogP contribution in [0.4, 0.5) is 5.69 Å². The minimum Gasteiger partial charge on any atom is -0.354 e. The monoisotopic (exact) mass is 665 g/mol. The standard InChI is InChI=1S/C35H37Cl2N3O4S/c1-3-4-21-38-35(42)33(22-27-12-6-5-7-13-27)39(24-28-14-9-8-11-26(28)2)34(41)25-40(31-16-10-15-30(37)23-31)45(43,44)32-19-17-29(36)18-20-32/h5-20,23,33H,3-4,21-22,24-25H2,1-2H3,(H,38,42). The maximum Gasteiger partial charge on any atom is 0.264 e. The van der Waals surface area contributed by atoms with E-state index in [-0.39, 0.29) is 29.5 Å². The number of rotatable bonds is 14. The Labute approximate surface area is 275 Å². The van der Waals surface area contributed by atoms with Crippen LogP contribution in [-0.4, -0.2) is 44.3 Å². The van der Waals surface area contributed by atoms with Crippen LogP contribution in [0.25, 0.3) is 0 Å². The molecule has 0 aromatic heterocycles. The highest BCUT2D eigenvalue weighted by atomic mass is 35.5. The average Bonchev–Trinajstić information content (AvgIpc) is 3.03. The van der Waals surface area contributed by atoms with E-state index < -0.39 is 28.5 Å². The molecule has 45 heavy (non-hydrogen) atoms. The van der Waals surface area contributed by atoms with Crippen molar-refractivity contribution in [3.63, 3.8) is 0 Å². The molecule has 2 amide bonds. The minimum absolute atomic E-state index is 0.0386. The number of benzene rings is 4. The fourth-order valence-electron chi connectivity index (χ4n) is 4.92. The van der Waals surface area contributed by atoms with E-state index in [0.29, 0.717) is 16.6 Å². The lowest BCUT2D eigenvalue weighted by Gasteiger charge is -2.34. The second-order valence-electron chi connectivity index (χ2n) is 10.7. The molecule has 0 aliphatic carbocycles. The first-order valence-corrected chi connectivity index (χ1v) is 17.0. The van der Waals surface area contributed by atoms with Crippen molar-refractivity contribution < 1.29 is 18.0 Å². The zero-order chi connectivity index (χ0) is 32.4. The molecular weight excluding hydrogens is 629 g/mol. The Hall–Kier alpha value is -3.85. The highest BCUT2D eigenvalue weighted by Gasteiger charge is 2.34. The van der Waals surface area contributed by atoms with Gasteiger partial charge in [-0.15, -0.1) is 0 Å². The number of hydrogen-bond acceptors (Lipinski definition) is 4. The summed E-state index contributed by atoms with van der Waals surface area (Å²) in [4.78, 5) is 29.8. The summed E-state index contributed by atoms with van der Waals surface area (Å²) in [5, 5.41) is 3.69. The second-order valence-corrected chi connectivity index (χ2v) is 13.5. The van der Waals surface area contributed by atoms with Crippen LogP contribution in [0.15, 0.2) is 108 Å². The molecule has 1 N–H and O–H groups in total. The zero-order valence-electron chi connectivity index (χ0n) is 25.3. The van der Waals surface area contributed by atoms with Gasteiger partial charge in [-0.3, -0.25) is 13.9 Å². The van der Waals surface area contributed by atoms with E-state index in [1.54, 1.807) is 18.2 Å². The molecule has 0 radical (unpaired) electrons. The highest BCUT2D eigenvalue weighted by Crippen LogP contribution is 2.28. The van der Waals surface area contributed by atoms with Gasteiger partial charge in [0.2, 0.25) is 11.8 Å². The second kappa shape index (κ2) is 15.9. The number of halogens is 2. The molecule has 0 aliphatic rings. The SMILES string of the molecule is CCCCNC(=O)C(Cc1ccccc1)N(Cc1ccccc1C)C(=O)CN(c1cccc(Cl)c1)S(=O)(=O)c1ccc(Cl)cc1. The van der Waals surface area contributed by atoms with Crippen molar-refractivity contribution in [3.05, 3.63) is 130 Å². The fraction of sp³-hybridized carbons (Fsp3) is 0.257.